The maximum Gasteiger partial charge on any atom is 0.370 e. The van der Waals surface area contributed by atoms with E-state index in [1.165, 1.54) is 0 Å². The van der Waals surface area contributed by atoms with E-state index in [4.69, 9.17) is 13.9 Å². The third-order valence-electron chi connectivity index (χ3n) is 4.49. The number of allylic oxidation sites excluding steroid dienone is 1. The molecular formula is C19H22O6. The Bertz CT molecular complexity index is 762. The molecule has 1 aliphatic heterocycles. The van der Waals surface area contributed by atoms with Crippen molar-refractivity contribution in [3.05, 3.63) is 47.9 Å². The van der Waals surface area contributed by atoms with Crippen LogP contribution in [0.15, 0.2) is 46.8 Å². The molecule has 0 saturated carbocycles. The van der Waals surface area contributed by atoms with Gasteiger partial charge in [-0.25, -0.2) is 4.79 Å². The van der Waals surface area contributed by atoms with Gasteiger partial charge in [-0.15, -0.1) is 0 Å². The molecule has 0 aliphatic carbocycles. The van der Waals surface area contributed by atoms with Crippen molar-refractivity contribution in [3.8, 4) is 0 Å². The highest BCUT2D eigenvalue weighted by atomic mass is 16.7. The molecular weight excluding hydrogens is 324 g/mol. The molecule has 0 saturated heterocycles. The van der Waals surface area contributed by atoms with E-state index in [-0.39, 0.29) is 24.2 Å². The molecule has 0 spiro atoms. The highest BCUT2D eigenvalue weighted by Gasteiger charge is 2.39. The van der Waals surface area contributed by atoms with Gasteiger partial charge in [-0.2, -0.15) is 0 Å². The van der Waals surface area contributed by atoms with Gasteiger partial charge in [0.15, 0.2) is 0 Å². The van der Waals surface area contributed by atoms with Gasteiger partial charge in [0.2, 0.25) is 12.0 Å². The molecule has 0 radical (unpaired) electrons. The fourth-order valence-electron chi connectivity index (χ4n) is 3.37. The highest BCUT2D eigenvalue weighted by Crippen LogP contribution is 2.42. The van der Waals surface area contributed by atoms with Crippen molar-refractivity contribution >= 4 is 16.9 Å². The first kappa shape index (κ1) is 17.5. The number of rotatable bonds is 7. The summed E-state index contributed by atoms with van der Waals surface area (Å²) in [4.78, 5) is 11.5. The SMILES string of the molecule is CCO[C@@H]1OC(C(=O)O)=C[C@H](c2coc3ccccc23)[C@H]1CCCO. The number of fused-ring (bicyclic) bond motifs is 1. The van der Waals surface area contributed by atoms with Crippen molar-refractivity contribution in [3.63, 3.8) is 0 Å². The Labute approximate surface area is 145 Å². The predicted octanol–water partition coefficient (Wildman–Crippen LogP) is 3.27. The van der Waals surface area contributed by atoms with Crippen molar-refractivity contribution in [1.29, 1.82) is 0 Å². The van der Waals surface area contributed by atoms with Crippen LogP contribution in [0.2, 0.25) is 0 Å². The molecule has 1 aliphatic rings. The number of furan rings is 1. The Morgan fingerprint density at radius 1 is 1.32 bits per heavy atom. The van der Waals surface area contributed by atoms with Gasteiger partial charge in [0.05, 0.1) is 6.26 Å². The number of carbonyl (C=O) groups is 1. The summed E-state index contributed by atoms with van der Waals surface area (Å²) in [6.07, 6.45) is 3.85. The van der Waals surface area contributed by atoms with E-state index < -0.39 is 12.3 Å². The van der Waals surface area contributed by atoms with Crippen molar-refractivity contribution in [2.45, 2.75) is 32.0 Å². The number of aliphatic hydroxyl groups excluding tert-OH is 1. The van der Waals surface area contributed by atoms with E-state index >= 15 is 0 Å². The third-order valence-corrected chi connectivity index (χ3v) is 4.49. The largest absolute Gasteiger partial charge is 0.475 e. The highest BCUT2D eigenvalue weighted by molar-refractivity contribution is 5.86. The Morgan fingerprint density at radius 2 is 2.12 bits per heavy atom. The van der Waals surface area contributed by atoms with Crippen LogP contribution in [0.25, 0.3) is 11.0 Å². The molecule has 0 unspecified atom stereocenters. The topological polar surface area (TPSA) is 89.1 Å². The van der Waals surface area contributed by atoms with Crippen LogP contribution in [-0.2, 0) is 14.3 Å². The summed E-state index contributed by atoms with van der Waals surface area (Å²) in [5.74, 6) is -1.58. The predicted molar refractivity (Wildman–Crippen MR) is 91.0 cm³/mol. The van der Waals surface area contributed by atoms with E-state index in [9.17, 15) is 15.0 Å². The number of benzene rings is 1. The lowest BCUT2D eigenvalue weighted by Crippen LogP contribution is -2.36. The van der Waals surface area contributed by atoms with Crippen LogP contribution in [0.5, 0.6) is 0 Å². The maximum absolute atomic E-state index is 11.5. The fraction of sp³-hybridized carbons (Fsp3) is 0.421. The van der Waals surface area contributed by atoms with Crippen LogP contribution < -0.4 is 0 Å². The van der Waals surface area contributed by atoms with Crippen molar-refractivity contribution < 1.29 is 28.9 Å². The fourth-order valence-corrected chi connectivity index (χ4v) is 3.37. The average molecular weight is 346 g/mol. The molecule has 3 rings (SSSR count). The monoisotopic (exact) mass is 346 g/mol. The van der Waals surface area contributed by atoms with Crippen molar-refractivity contribution in [2.75, 3.05) is 13.2 Å². The lowest BCUT2D eigenvalue weighted by atomic mass is 9.80. The summed E-state index contributed by atoms with van der Waals surface area (Å²) in [5.41, 5.74) is 1.66. The number of carboxylic acid groups (broad SMARTS) is 1. The van der Waals surface area contributed by atoms with Crippen LogP contribution in [0.1, 0.15) is 31.2 Å². The Kier molecular flexibility index (Phi) is 5.40. The maximum atomic E-state index is 11.5. The van der Waals surface area contributed by atoms with E-state index in [1.807, 2.05) is 31.2 Å². The molecule has 1 aromatic heterocycles. The third kappa shape index (κ3) is 3.55. The van der Waals surface area contributed by atoms with Crippen molar-refractivity contribution in [1.82, 2.24) is 0 Å². The quantitative estimate of drug-likeness (QED) is 0.800. The first-order valence-corrected chi connectivity index (χ1v) is 8.46. The van der Waals surface area contributed by atoms with Gasteiger partial charge in [-0.05, 0) is 31.9 Å². The molecule has 6 heteroatoms. The lowest BCUT2D eigenvalue weighted by Gasteiger charge is -2.36. The van der Waals surface area contributed by atoms with Gasteiger partial charge >= 0.3 is 5.97 Å². The number of hydrogen-bond donors (Lipinski definition) is 2. The summed E-state index contributed by atoms with van der Waals surface area (Å²) in [5, 5.41) is 19.6. The van der Waals surface area contributed by atoms with Crippen molar-refractivity contribution in [2.24, 2.45) is 5.92 Å². The second-order valence-corrected chi connectivity index (χ2v) is 6.02. The van der Waals surface area contributed by atoms with Gasteiger partial charge in [0.1, 0.15) is 5.58 Å². The normalized spacial score (nSPS) is 23.3. The van der Waals surface area contributed by atoms with Gasteiger partial charge < -0.3 is 24.1 Å². The lowest BCUT2D eigenvalue weighted by molar-refractivity contribution is -0.173. The average Bonchev–Trinajstić information content (AvgIpc) is 3.04. The van der Waals surface area contributed by atoms with Gasteiger partial charge in [-0.1, -0.05) is 18.2 Å². The Balaban J connectivity index is 2.06. The first-order valence-electron chi connectivity index (χ1n) is 8.46. The number of ether oxygens (including phenoxy) is 2. The number of carboxylic acids is 1. The number of hydrogen-bond acceptors (Lipinski definition) is 5. The number of aliphatic carboxylic acids is 1. The molecule has 2 heterocycles. The summed E-state index contributed by atoms with van der Waals surface area (Å²) in [7, 11) is 0. The molecule has 0 amide bonds. The van der Waals surface area contributed by atoms with E-state index in [0.29, 0.717) is 19.4 Å². The zero-order valence-corrected chi connectivity index (χ0v) is 14.1. The van der Waals surface area contributed by atoms with Crippen LogP contribution in [-0.4, -0.2) is 35.7 Å². The summed E-state index contributed by atoms with van der Waals surface area (Å²) in [6.45, 7) is 2.31. The van der Waals surface area contributed by atoms with Gasteiger partial charge in [0, 0.05) is 36.0 Å². The minimum atomic E-state index is -1.12. The summed E-state index contributed by atoms with van der Waals surface area (Å²) < 4.78 is 16.9. The summed E-state index contributed by atoms with van der Waals surface area (Å²) in [6, 6.07) is 7.65. The smallest absolute Gasteiger partial charge is 0.370 e. The molecule has 0 bridgehead atoms. The van der Waals surface area contributed by atoms with E-state index in [0.717, 1.165) is 16.5 Å². The number of para-hydroxylation sites is 1. The summed E-state index contributed by atoms with van der Waals surface area (Å²) >= 11 is 0. The standard InChI is InChI=1S/C19H22O6/c1-2-23-19-13(7-5-9-20)14(10-17(25-19)18(21)22)15-11-24-16-8-4-3-6-12(15)16/h3-4,6,8,10-11,13-14,19-20H,2,5,7,9H2,1H3,(H,21,22)/t13-,14+,19-/m1/s1. The Hall–Kier alpha value is -2.31. The molecule has 2 N–H and O–H groups in total. The first-order chi connectivity index (χ1) is 12.2. The second kappa shape index (κ2) is 7.72. The molecule has 6 nitrogen and oxygen atoms in total. The van der Waals surface area contributed by atoms with Crippen LogP contribution in [0.4, 0.5) is 0 Å². The molecule has 3 atom stereocenters. The number of aliphatic hydroxyl groups is 1. The Morgan fingerprint density at radius 3 is 2.84 bits per heavy atom. The molecule has 1 aromatic carbocycles. The minimum absolute atomic E-state index is 0.0592. The molecule has 2 aromatic rings. The molecule has 25 heavy (non-hydrogen) atoms. The van der Waals surface area contributed by atoms with Gasteiger partial charge in [0.25, 0.3) is 0 Å². The minimum Gasteiger partial charge on any atom is -0.475 e. The van der Waals surface area contributed by atoms with Gasteiger partial charge in [-0.3, -0.25) is 0 Å². The molecule has 134 valence electrons. The second-order valence-electron chi connectivity index (χ2n) is 6.02. The van der Waals surface area contributed by atoms with E-state index in [2.05, 4.69) is 0 Å². The molecule has 0 fully saturated rings. The zero-order chi connectivity index (χ0) is 17.8. The van der Waals surface area contributed by atoms with E-state index in [1.54, 1.807) is 12.3 Å². The zero-order valence-electron chi connectivity index (χ0n) is 14.1. The van der Waals surface area contributed by atoms with Crippen LogP contribution >= 0.6 is 0 Å². The van der Waals surface area contributed by atoms with Crippen LogP contribution in [0, 0.1) is 5.92 Å². The van der Waals surface area contributed by atoms with Crippen LogP contribution in [0.3, 0.4) is 0 Å².